The van der Waals surface area contributed by atoms with E-state index in [2.05, 4.69) is 64.2 Å². The Morgan fingerprint density at radius 3 is 2.10 bits per heavy atom. The molecule has 0 fully saturated rings. The van der Waals surface area contributed by atoms with Gasteiger partial charge in [-0.1, -0.05) is 60.7 Å². The maximum Gasteiger partial charge on any atom is 0.284 e. The molecule has 0 aliphatic heterocycles. The van der Waals surface area contributed by atoms with E-state index in [1.165, 1.54) is 11.1 Å². The normalized spacial score (nSPS) is 11.4. The SMILES string of the molecule is CN=C(NCCC(c1ccccc1)c1ccccc1)NCc1ccc(C(N)=O)o1. The Labute approximate surface area is 170 Å². The molecular weight excluding hydrogens is 364 g/mol. The zero-order valence-electron chi connectivity index (χ0n) is 16.5. The number of furan rings is 1. The zero-order chi connectivity index (χ0) is 20.5. The van der Waals surface area contributed by atoms with Crippen molar-refractivity contribution in [1.29, 1.82) is 0 Å². The molecule has 150 valence electrons. The average Bonchev–Trinajstić information content (AvgIpc) is 3.24. The molecule has 6 nitrogen and oxygen atoms in total. The Morgan fingerprint density at radius 1 is 0.966 bits per heavy atom. The van der Waals surface area contributed by atoms with Crippen molar-refractivity contribution < 1.29 is 9.21 Å². The number of nitrogens with zero attached hydrogens (tertiary/aromatic N) is 1. The largest absolute Gasteiger partial charge is 0.454 e. The van der Waals surface area contributed by atoms with Gasteiger partial charge < -0.3 is 20.8 Å². The summed E-state index contributed by atoms with van der Waals surface area (Å²) in [6.45, 7) is 1.16. The van der Waals surface area contributed by atoms with Gasteiger partial charge in [0.15, 0.2) is 11.7 Å². The van der Waals surface area contributed by atoms with Crippen LogP contribution in [-0.2, 0) is 6.54 Å². The molecule has 0 spiro atoms. The van der Waals surface area contributed by atoms with Gasteiger partial charge in [-0.3, -0.25) is 9.79 Å². The molecule has 4 N–H and O–H groups in total. The van der Waals surface area contributed by atoms with Crippen molar-refractivity contribution in [3.8, 4) is 0 Å². The Morgan fingerprint density at radius 2 is 1.59 bits per heavy atom. The molecule has 1 aromatic heterocycles. The van der Waals surface area contributed by atoms with E-state index in [1.54, 1.807) is 19.2 Å². The summed E-state index contributed by atoms with van der Waals surface area (Å²) in [6, 6.07) is 24.3. The molecule has 0 saturated carbocycles. The van der Waals surface area contributed by atoms with E-state index in [9.17, 15) is 4.79 Å². The standard InChI is InChI=1S/C23H26N4O2/c1-25-23(27-16-19-12-13-21(29-19)22(24)28)26-15-14-20(17-8-4-2-5-9-17)18-10-6-3-7-11-18/h2-13,20H,14-16H2,1H3,(H2,24,28)(H2,25,26,27). The number of rotatable bonds is 8. The molecule has 2 aromatic carbocycles. The fraction of sp³-hybridized carbons (Fsp3) is 0.217. The number of nitrogens with one attached hydrogen (secondary N) is 2. The predicted molar refractivity (Wildman–Crippen MR) is 115 cm³/mol. The molecule has 1 heterocycles. The minimum Gasteiger partial charge on any atom is -0.454 e. The summed E-state index contributed by atoms with van der Waals surface area (Å²) in [7, 11) is 1.72. The highest BCUT2D eigenvalue weighted by Gasteiger charge is 2.14. The number of amides is 1. The number of primary amides is 1. The number of aliphatic imine (C=N–C) groups is 1. The van der Waals surface area contributed by atoms with Gasteiger partial charge in [0.2, 0.25) is 0 Å². The fourth-order valence-corrected chi connectivity index (χ4v) is 3.23. The number of hydrogen-bond acceptors (Lipinski definition) is 3. The van der Waals surface area contributed by atoms with Crippen molar-refractivity contribution in [2.45, 2.75) is 18.9 Å². The second-order valence-electron chi connectivity index (χ2n) is 6.65. The van der Waals surface area contributed by atoms with Gasteiger partial charge in [0.1, 0.15) is 5.76 Å². The lowest BCUT2D eigenvalue weighted by Crippen LogP contribution is -2.37. The number of benzene rings is 2. The highest BCUT2D eigenvalue weighted by Crippen LogP contribution is 2.27. The molecule has 0 aliphatic rings. The average molecular weight is 390 g/mol. The van der Waals surface area contributed by atoms with E-state index in [0.717, 1.165) is 13.0 Å². The molecule has 0 saturated heterocycles. The van der Waals surface area contributed by atoms with Crippen LogP contribution in [0.5, 0.6) is 0 Å². The summed E-state index contributed by atoms with van der Waals surface area (Å²) in [5.74, 6) is 1.16. The second-order valence-corrected chi connectivity index (χ2v) is 6.65. The van der Waals surface area contributed by atoms with Gasteiger partial charge in [-0.25, -0.2) is 0 Å². The van der Waals surface area contributed by atoms with Crippen molar-refractivity contribution in [2.75, 3.05) is 13.6 Å². The van der Waals surface area contributed by atoms with Crippen molar-refractivity contribution in [3.05, 3.63) is 95.4 Å². The first-order valence-corrected chi connectivity index (χ1v) is 9.60. The van der Waals surface area contributed by atoms with Crippen LogP contribution < -0.4 is 16.4 Å². The van der Waals surface area contributed by atoms with E-state index in [-0.39, 0.29) is 5.76 Å². The molecular formula is C23H26N4O2. The van der Waals surface area contributed by atoms with Crippen LogP contribution in [0.15, 0.2) is 82.2 Å². The van der Waals surface area contributed by atoms with E-state index >= 15 is 0 Å². The number of guanidine groups is 1. The van der Waals surface area contributed by atoms with Crippen LogP contribution in [0.1, 0.15) is 39.8 Å². The fourth-order valence-electron chi connectivity index (χ4n) is 3.23. The van der Waals surface area contributed by atoms with Gasteiger partial charge in [-0.05, 0) is 29.7 Å². The first-order valence-electron chi connectivity index (χ1n) is 9.60. The van der Waals surface area contributed by atoms with Gasteiger partial charge in [0.05, 0.1) is 6.54 Å². The van der Waals surface area contributed by atoms with E-state index in [0.29, 0.717) is 24.2 Å². The molecule has 1 amide bonds. The van der Waals surface area contributed by atoms with Crippen LogP contribution in [0, 0.1) is 0 Å². The molecule has 3 rings (SSSR count). The Balaban J connectivity index is 1.57. The molecule has 0 atom stereocenters. The lowest BCUT2D eigenvalue weighted by Gasteiger charge is -2.19. The summed E-state index contributed by atoms with van der Waals surface area (Å²) in [5, 5.41) is 6.53. The molecule has 0 aliphatic carbocycles. The van der Waals surface area contributed by atoms with E-state index in [4.69, 9.17) is 10.2 Å². The van der Waals surface area contributed by atoms with Crippen LogP contribution in [0.4, 0.5) is 0 Å². The van der Waals surface area contributed by atoms with Gasteiger partial charge >= 0.3 is 0 Å². The summed E-state index contributed by atoms with van der Waals surface area (Å²) >= 11 is 0. The third-order valence-electron chi connectivity index (χ3n) is 4.69. The zero-order valence-corrected chi connectivity index (χ0v) is 16.5. The maximum atomic E-state index is 11.1. The van der Waals surface area contributed by atoms with Crippen LogP contribution in [0.25, 0.3) is 0 Å². The van der Waals surface area contributed by atoms with Crippen LogP contribution in [0.3, 0.4) is 0 Å². The molecule has 0 bridgehead atoms. The summed E-state index contributed by atoms with van der Waals surface area (Å²) in [4.78, 5) is 15.4. The third kappa shape index (κ3) is 5.72. The molecule has 3 aromatic rings. The Bertz CT molecular complexity index is 896. The number of nitrogens with two attached hydrogens (primary N) is 1. The number of carbonyl (C=O) groups excluding carboxylic acids is 1. The smallest absolute Gasteiger partial charge is 0.284 e. The molecule has 29 heavy (non-hydrogen) atoms. The molecule has 0 unspecified atom stereocenters. The lowest BCUT2D eigenvalue weighted by atomic mass is 9.88. The van der Waals surface area contributed by atoms with Crippen molar-refractivity contribution in [1.82, 2.24) is 10.6 Å². The van der Waals surface area contributed by atoms with Crippen LogP contribution in [0.2, 0.25) is 0 Å². The predicted octanol–water partition coefficient (Wildman–Crippen LogP) is 3.27. The maximum absolute atomic E-state index is 11.1. The van der Waals surface area contributed by atoms with Gasteiger partial charge in [0, 0.05) is 19.5 Å². The van der Waals surface area contributed by atoms with Crippen LogP contribution in [-0.4, -0.2) is 25.5 Å². The first-order chi connectivity index (χ1) is 14.2. The Hall–Kier alpha value is -3.54. The highest BCUT2D eigenvalue weighted by molar-refractivity contribution is 5.89. The third-order valence-corrected chi connectivity index (χ3v) is 4.69. The van der Waals surface area contributed by atoms with Crippen molar-refractivity contribution >= 4 is 11.9 Å². The molecule has 0 radical (unpaired) electrons. The number of hydrogen-bond donors (Lipinski definition) is 3. The minimum atomic E-state index is -0.577. The summed E-state index contributed by atoms with van der Waals surface area (Å²) in [5.41, 5.74) is 7.79. The lowest BCUT2D eigenvalue weighted by molar-refractivity contribution is 0.0972. The van der Waals surface area contributed by atoms with Gasteiger partial charge in [-0.15, -0.1) is 0 Å². The summed E-state index contributed by atoms with van der Waals surface area (Å²) < 4.78 is 5.38. The van der Waals surface area contributed by atoms with Gasteiger partial charge in [-0.2, -0.15) is 0 Å². The van der Waals surface area contributed by atoms with Crippen molar-refractivity contribution in [2.24, 2.45) is 10.7 Å². The quantitative estimate of drug-likeness (QED) is 0.407. The minimum absolute atomic E-state index is 0.151. The van der Waals surface area contributed by atoms with Gasteiger partial charge in [0.25, 0.3) is 5.91 Å². The topological polar surface area (TPSA) is 92.6 Å². The van der Waals surface area contributed by atoms with E-state index in [1.807, 2.05) is 12.1 Å². The monoisotopic (exact) mass is 390 g/mol. The number of carbonyl (C=O) groups is 1. The second kappa shape index (κ2) is 10.1. The highest BCUT2D eigenvalue weighted by atomic mass is 16.3. The molecule has 6 heteroatoms. The first kappa shape index (κ1) is 20.2. The van der Waals surface area contributed by atoms with E-state index < -0.39 is 5.91 Å². The summed E-state index contributed by atoms with van der Waals surface area (Å²) in [6.07, 6.45) is 0.918. The Kier molecular flexibility index (Phi) is 7.05. The van der Waals surface area contributed by atoms with Crippen LogP contribution >= 0.6 is 0 Å². The van der Waals surface area contributed by atoms with Crippen molar-refractivity contribution in [3.63, 3.8) is 0 Å².